The molecule has 2 N–H and O–H groups in total. The summed E-state index contributed by atoms with van der Waals surface area (Å²) in [5.41, 5.74) is 1.19. The number of carbonyl (C=O) groups excluding carboxylic acids is 1. The third-order valence-corrected chi connectivity index (χ3v) is 3.33. The molecule has 0 aliphatic rings. The summed E-state index contributed by atoms with van der Waals surface area (Å²) < 4.78 is 0. The van der Waals surface area contributed by atoms with E-state index < -0.39 is 0 Å². The van der Waals surface area contributed by atoms with Gasteiger partial charge in [-0.25, -0.2) is 0 Å². The number of likely N-dealkylation sites (N-methyl/N-ethyl adjacent to an activating group) is 1. The highest BCUT2D eigenvalue weighted by Gasteiger charge is 2.21. The Kier molecular flexibility index (Phi) is 6.44. The van der Waals surface area contributed by atoms with Crippen molar-refractivity contribution in [3.05, 3.63) is 35.9 Å². The van der Waals surface area contributed by atoms with Crippen molar-refractivity contribution in [2.45, 2.75) is 32.7 Å². The van der Waals surface area contributed by atoms with Crippen LogP contribution in [0.3, 0.4) is 0 Å². The molecule has 1 unspecified atom stereocenters. The van der Waals surface area contributed by atoms with E-state index in [9.17, 15) is 4.79 Å². The highest BCUT2D eigenvalue weighted by atomic mass is 16.1. The molecule has 100 valence electrons. The maximum absolute atomic E-state index is 11.8. The fourth-order valence-electron chi connectivity index (χ4n) is 2.28. The van der Waals surface area contributed by atoms with E-state index in [4.69, 9.17) is 0 Å². The SMILES string of the molecule is CCC(CC)C(NC(=O)CNC)c1ccccc1. The summed E-state index contributed by atoms with van der Waals surface area (Å²) in [6.07, 6.45) is 2.13. The minimum atomic E-state index is 0.0539. The minimum absolute atomic E-state index is 0.0539. The zero-order valence-electron chi connectivity index (χ0n) is 11.6. The van der Waals surface area contributed by atoms with Crippen LogP contribution in [-0.4, -0.2) is 19.5 Å². The Labute approximate surface area is 110 Å². The molecule has 0 fully saturated rings. The lowest BCUT2D eigenvalue weighted by molar-refractivity contribution is -0.121. The molecule has 18 heavy (non-hydrogen) atoms. The van der Waals surface area contributed by atoms with Crippen molar-refractivity contribution < 1.29 is 4.79 Å². The van der Waals surface area contributed by atoms with Crippen LogP contribution in [0, 0.1) is 5.92 Å². The second-order valence-electron chi connectivity index (χ2n) is 4.56. The van der Waals surface area contributed by atoms with Crippen molar-refractivity contribution in [3.8, 4) is 0 Å². The molecule has 3 nitrogen and oxygen atoms in total. The normalized spacial score (nSPS) is 12.4. The molecule has 1 atom stereocenters. The van der Waals surface area contributed by atoms with Crippen LogP contribution in [0.25, 0.3) is 0 Å². The fraction of sp³-hybridized carbons (Fsp3) is 0.533. The zero-order valence-corrected chi connectivity index (χ0v) is 11.6. The van der Waals surface area contributed by atoms with Crippen molar-refractivity contribution in [2.75, 3.05) is 13.6 Å². The van der Waals surface area contributed by atoms with Gasteiger partial charge in [0.2, 0.25) is 5.91 Å². The van der Waals surface area contributed by atoms with E-state index in [1.165, 1.54) is 5.56 Å². The lowest BCUT2D eigenvalue weighted by atomic mass is 9.89. The molecule has 0 saturated heterocycles. The van der Waals surface area contributed by atoms with Gasteiger partial charge >= 0.3 is 0 Å². The molecule has 0 bridgehead atoms. The molecule has 0 saturated carbocycles. The van der Waals surface area contributed by atoms with Crippen LogP contribution in [0.1, 0.15) is 38.3 Å². The molecule has 0 aliphatic heterocycles. The van der Waals surface area contributed by atoms with E-state index >= 15 is 0 Å². The van der Waals surface area contributed by atoms with Crippen molar-refractivity contribution in [2.24, 2.45) is 5.92 Å². The van der Waals surface area contributed by atoms with Crippen molar-refractivity contribution in [3.63, 3.8) is 0 Å². The van der Waals surface area contributed by atoms with Gasteiger partial charge in [0.15, 0.2) is 0 Å². The molecule has 0 heterocycles. The molecule has 0 radical (unpaired) electrons. The Morgan fingerprint density at radius 1 is 1.17 bits per heavy atom. The Morgan fingerprint density at radius 3 is 2.28 bits per heavy atom. The third-order valence-electron chi connectivity index (χ3n) is 3.33. The van der Waals surface area contributed by atoms with E-state index in [0.29, 0.717) is 12.5 Å². The van der Waals surface area contributed by atoms with Gasteiger partial charge in [-0.2, -0.15) is 0 Å². The predicted molar refractivity (Wildman–Crippen MR) is 75.3 cm³/mol. The molecule has 0 aromatic heterocycles. The quantitative estimate of drug-likeness (QED) is 0.778. The van der Waals surface area contributed by atoms with Crippen LogP contribution in [0.15, 0.2) is 30.3 Å². The van der Waals surface area contributed by atoms with E-state index in [2.05, 4.69) is 36.6 Å². The first-order valence-corrected chi connectivity index (χ1v) is 6.71. The summed E-state index contributed by atoms with van der Waals surface area (Å²) in [5, 5.41) is 6.02. The highest BCUT2D eigenvalue weighted by Crippen LogP contribution is 2.27. The lowest BCUT2D eigenvalue weighted by Gasteiger charge is -2.27. The van der Waals surface area contributed by atoms with Crippen molar-refractivity contribution in [1.82, 2.24) is 10.6 Å². The maximum Gasteiger partial charge on any atom is 0.234 e. The van der Waals surface area contributed by atoms with Crippen LogP contribution in [-0.2, 0) is 4.79 Å². The largest absolute Gasteiger partial charge is 0.348 e. The maximum atomic E-state index is 11.8. The molecule has 1 rings (SSSR count). The summed E-state index contributed by atoms with van der Waals surface area (Å²) >= 11 is 0. The lowest BCUT2D eigenvalue weighted by Crippen LogP contribution is -2.38. The van der Waals surface area contributed by atoms with Gasteiger partial charge in [0.25, 0.3) is 0 Å². The topological polar surface area (TPSA) is 41.1 Å². The third kappa shape index (κ3) is 4.15. The first-order valence-electron chi connectivity index (χ1n) is 6.71. The molecule has 0 spiro atoms. The molecule has 1 aromatic rings. The van der Waals surface area contributed by atoms with Crippen LogP contribution >= 0.6 is 0 Å². The second kappa shape index (κ2) is 7.88. The van der Waals surface area contributed by atoms with Gasteiger partial charge in [-0.1, -0.05) is 57.0 Å². The van der Waals surface area contributed by atoms with Gasteiger partial charge in [0.05, 0.1) is 12.6 Å². The first-order chi connectivity index (χ1) is 8.72. The molecule has 3 heteroatoms. The Hall–Kier alpha value is -1.35. The first kappa shape index (κ1) is 14.7. The number of hydrogen-bond acceptors (Lipinski definition) is 2. The van der Waals surface area contributed by atoms with Crippen molar-refractivity contribution >= 4 is 5.91 Å². The standard InChI is InChI=1S/C15H24N2O/c1-4-12(5-2)15(17-14(18)11-16-3)13-9-7-6-8-10-13/h6-10,12,15-16H,4-5,11H2,1-3H3,(H,17,18). The van der Waals surface area contributed by atoms with Gasteiger partial charge in [-0.05, 0) is 18.5 Å². The van der Waals surface area contributed by atoms with Gasteiger partial charge in [0.1, 0.15) is 0 Å². The Morgan fingerprint density at radius 2 is 1.78 bits per heavy atom. The summed E-state index contributed by atoms with van der Waals surface area (Å²) in [6, 6.07) is 10.3. The minimum Gasteiger partial charge on any atom is -0.348 e. The predicted octanol–water partition coefficient (Wildman–Crippen LogP) is 2.50. The number of carbonyl (C=O) groups is 1. The molecular weight excluding hydrogens is 224 g/mol. The number of hydrogen-bond donors (Lipinski definition) is 2. The molecule has 0 aliphatic carbocycles. The zero-order chi connectivity index (χ0) is 13.4. The summed E-state index contributed by atoms with van der Waals surface area (Å²) in [6.45, 7) is 4.71. The monoisotopic (exact) mass is 248 g/mol. The van der Waals surface area contributed by atoms with E-state index in [1.54, 1.807) is 7.05 Å². The van der Waals surface area contributed by atoms with Crippen LogP contribution in [0.2, 0.25) is 0 Å². The number of benzene rings is 1. The molecular formula is C15H24N2O. The smallest absolute Gasteiger partial charge is 0.234 e. The van der Waals surface area contributed by atoms with Gasteiger partial charge in [0, 0.05) is 0 Å². The number of rotatable bonds is 7. The van der Waals surface area contributed by atoms with E-state index in [-0.39, 0.29) is 11.9 Å². The average Bonchev–Trinajstić information content (AvgIpc) is 2.40. The molecule has 1 aromatic carbocycles. The van der Waals surface area contributed by atoms with Crippen LogP contribution in [0.5, 0.6) is 0 Å². The van der Waals surface area contributed by atoms with Crippen LogP contribution < -0.4 is 10.6 Å². The van der Waals surface area contributed by atoms with Gasteiger partial charge < -0.3 is 10.6 Å². The Bertz CT molecular complexity index is 347. The van der Waals surface area contributed by atoms with Crippen molar-refractivity contribution in [1.29, 1.82) is 0 Å². The second-order valence-corrected chi connectivity index (χ2v) is 4.56. The molecule has 1 amide bonds. The summed E-state index contributed by atoms with van der Waals surface area (Å²) in [7, 11) is 1.79. The van der Waals surface area contributed by atoms with E-state index in [0.717, 1.165) is 12.8 Å². The summed E-state index contributed by atoms with van der Waals surface area (Å²) in [5.74, 6) is 0.534. The highest BCUT2D eigenvalue weighted by molar-refractivity contribution is 5.78. The average molecular weight is 248 g/mol. The van der Waals surface area contributed by atoms with Gasteiger partial charge in [-0.3, -0.25) is 4.79 Å². The van der Waals surface area contributed by atoms with Gasteiger partial charge in [-0.15, -0.1) is 0 Å². The number of amides is 1. The van der Waals surface area contributed by atoms with E-state index in [1.807, 2.05) is 18.2 Å². The Balaban J connectivity index is 2.85. The van der Waals surface area contributed by atoms with Crippen LogP contribution in [0.4, 0.5) is 0 Å². The fourth-order valence-corrected chi connectivity index (χ4v) is 2.28. The number of nitrogens with one attached hydrogen (secondary N) is 2. The summed E-state index contributed by atoms with van der Waals surface area (Å²) in [4.78, 5) is 11.8.